The van der Waals surface area contributed by atoms with Gasteiger partial charge in [-0.3, -0.25) is 4.79 Å². The molecule has 0 aromatic heterocycles. The van der Waals surface area contributed by atoms with E-state index in [2.05, 4.69) is 0 Å². The fourth-order valence-electron chi connectivity index (χ4n) is 0.926. The van der Waals surface area contributed by atoms with Crippen molar-refractivity contribution in [3.8, 4) is 0 Å². The molecule has 0 N–H and O–H groups in total. The van der Waals surface area contributed by atoms with Crippen LogP contribution in [-0.2, 0) is 10.7 Å². The Morgan fingerprint density at radius 2 is 2.23 bits per heavy atom. The van der Waals surface area contributed by atoms with Crippen LogP contribution >= 0.6 is 11.6 Å². The van der Waals surface area contributed by atoms with E-state index in [0.717, 1.165) is 0 Å². The van der Waals surface area contributed by atoms with Crippen molar-refractivity contribution < 1.29 is 9.18 Å². The lowest BCUT2D eigenvalue weighted by Gasteiger charge is -1.98. The summed E-state index contributed by atoms with van der Waals surface area (Å²) in [6.45, 7) is 0. The van der Waals surface area contributed by atoms with E-state index >= 15 is 0 Å². The quantitative estimate of drug-likeness (QED) is 0.415. The molecule has 1 aromatic rings. The van der Waals surface area contributed by atoms with Crippen molar-refractivity contribution in [2.75, 3.05) is 0 Å². The number of alkyl halides is 1. The highest BCUT2D eigenvalue weighted by Gasteiger charge is 1.99. The maximum Gasteiger partial charge on any atom is 0.142 e. The molecule has 0 bridgehead atoms. The van der Waals surface area contributed by atoms with Crippen LogP contribution < -0.4 is 0 Å². The molecule has 13 heavy (non-hydrogen) atoms. The van der Waals surface area contributed by atoms with Crippen molar-refractivity contribution in [3.05, 3.63) is 41.2 Å². The van der Waals surface area contributed by atoms with E-state index in [-0.39, 0.29) is 11.7 Å². The minimum absolute atomic E-state index is 0.156. The van der Waals surface area contributed by atoms with E-state index < -0.39 is 0 Å². The maximum atomic E-state index is 13.1. The highest BCUT2D eigenvalue weighted by atomic mass is 35.5. The summed E-state index contributed by atoms with van der Waals surface area (Å²) in [5.74, 6) is -0.188. The summed E-state index contributed by atoms with van der Waals surface area (Å²) in [5.41, 5.74) is 1.11. The van der Waals surface area contributed by atoms with Gasteiger partial charge in [0.25, 0.3) is 0 Å². The second-order valence-corrected chi connectivity index (χ2v) is 2.75. The first-order valence-corrected chi connectivity index (χ1v) is 4.27. The molecule has 0 heterocycles. The number of rotatable bonds is 3. The Balaban J connectivity index is 2.95. The minimum Gasteiger partial charge on any atom is -0.299 e. The van der Waals surface area contributed by atoms with Gasteiger partial charge in [-0.15, -0.1) is 11.6 Å². The van der Waals surface area contributed by atoms with E-state index in [9.17, 15) is 9.18 Å². The number of halogens is 2. The van der Waals surface area contributed by atoms with Crippen LogP contribution in [0.5, 0.6) is 0 Å². The van der Waals surface area contributed by atoms with Crippen LogP contribution in [0.1, 0.15) is 11.1 Å². The van der Waals surface area contributed by atoms with Crippen LogP contribution in [0.4, 0.5) is 4.39 Å². The number of benzene rings is 1. The van der Waals surface area contributed by atoms with Gasteiger partial charge in [0.15, 0.2) is 0 Å². The Morgan fingerprint density at radius 3 is 2.77 bits per heavy atom. The average molecular weight is 199 g/mol. The SMILES string of the molecule is O=CC=Cc1ccc(CCl)c(F)c1. The molecular weight excluding hydrogens is 191 g/mol. The number of aldehydes is 1. The Morgan fingerprint density at radius 1 is 1.46 bits per heavy atom. The molecule has 0 aliphatic rings. The van der Waals surface area contributed by atoms with Gasteiger partial charge in [0.2, 0.25) is 0 Å². The standard InChI is InChI=1S/C10H8ClFO/c11-7-9-4-3-8(2-1-5-13)6-10(9)12/h1-6H,7H2. The largest absolute Gasteiger partial charge is 0.299 e. The summed E-state index contributed by atoms with van der Waals surface area (Å²) in [7, 11) is 0. The van der Waals surface area contributed by atoms with Crippen LogP contribution in [0, 0.1) is 5.82 Å². The normalized spacial score (nSPS) is 10.6. The van der Waals surface area contributed by atoms with Crippen molar-refractivity contribution in [3.63, 3.8) is 0 Å². The van der Waals surface area contributed by atoms with Gasteiger partial charge < -0.3 is 0 Å². The number of carbonyl (C=O) groups excluding carboxylic acids is 1. The summed E-state index contributed by atoms with van der Waals surface area (Å²) in [6.07, 6.45) is 3.50. The molecule has 0 aliphatic heterocycles. The predicted octanol–water partition coefficient (Wildman–Crippen LogP) is 2.78. The molecule has 0 spiro atoms. The Labute approximate surface area is 80.8 Å². The molecule has 1 aromatic carbocycles. The van der Waals surface area contributed by atoms with Gasteiger partial charge in [-0.2, -0.15) is 0 Å². The summed E-state index contributed by atoms with van der Waals surface area (Å²) in [6, 6.07) is 4.66. The Kier molecular flexibility index (Phi) is 3.65. The Hall–Kier alpha value is -1.15. The first-order valence-electron chi connectivity index (χ1n) is 3.74. The van der Waals surface area contributed by atoms with Crippen LogP contribution in [-0.4, -0.2) is 6.29 Å². The molecule has 0 radical (unpaired) electrons. The van der Waals surface area contributed by atoms with Crippen LogP contribution in [0.15, 0.2) is 24.3 Å². The number of hydrogen-bond acceptors (Lipinski definition) is 1. The van der Waals surface area contributed by atoms with Crippen LogP contribution in [0.3, 0.4) is 0 Å². The van der Waals surface area contributed by atoms with E-state index in [1.54, 1.807) is 12.1 Å². The average Bonchev–Trinajstić information content (AvgIpc) is 2.15. The summed E-state index contributed by atoms with van der Waals surface area (Å²) >= 11 is 5.47. The fourth-order valence-corrected chi connectivity index (χ4v) is 1.14. The molecule has 1 rings (SSSR count). The van der Waals surface area contributed by atoms with E-state index in [1.807, 2.05) is 0 Å². The lowest BCUT2D eigenvalue weighted by Crippen LogP contribution is -1.86. The zero-order valence-electron chi connectivity index (χ0n) is 6.84. The molecule has 0 saturated carbocycles. The third-order valence-electron chi connectivity index (χ3n) is 1.59. The maximum absolute atomic E-state index is 13.1. The van der Waals surface area contributed by atoms with Crippen molar-refractivity contribution >= 4 is 24.0 Å². The monoisotopic (exact) mass is 198 g/mol. The second-order valence-electron chi connectivity index (χ2n) is 2.48. The molecule has 0 atom stereocenters. The van der Waals surface area contributed by atoms with Gasteiger partial charge in [0.1, 0.15) is 12.1 Å². The number of allylic oxidation sites excluding steroid dienone is 1. The zero-order valence-corrected chi connectivity index (χ0v) is 7.59. The Bertz CT molecular complexity index is 334. The topological polar surface area (TPSA) is 17.1 Å². The molecule has 3 heteroatoms. The van der Waals surface area contributed by atoms with Gasteiger partial charge in [0, 0.05) is 5.56 Å². The zero-order chi connectivity index (χ0) is 9.68. The highest BCUT2D eigenvalue weighted by molar-refractivity contribution is 6.17. The van der Waals surface area contributed by atoms with Crippen molar-refractivity contribution in [2.24, 2.45) is 0 Å². The molecule has 0 aliphatic carbocycles. The van der Waals surface area contributed by atoms with E-state index in [1.165, 1.54) is 18.2 Å². The lowest BCUT2D eigenvalue weighted by atomic mass is 10.1. The fraction of sp³-hybridized carbons (Fsp3) is 0.100. The summed E-state index contributed by atoms with van der Waals surface area (Å²) in [4.78, 5) is 9.98. The smallest absolute Gasteiger partial charge is 0.142 e. The van der Waals surface area contributed by atoms with Gasteiger partial charge in [-0.25, -0.2) is 4.39 Å². The van der Waals surface area contributed by atoms with Crippen LogP contribution in [0.25, 0.3) is 6.08 Å². The van der Waals surface area contributed by atoms with Gasteiger partial charge in [0.05, 0.1) is 5.88 Å². The van der Waals surface area contributed by atoms with Gasteiger partial charge in [-0.1, -0.05) is 18.2 Å². The molecule has 68 valence electrons. The summed E-state index contributed by atoms with van der Waals surface area (Å²) in [5, 5.41) is 0. The summed E-state index contributed by atoms with van der Waals surface area (Å²) < 4.78 is 13.1. The van der Waals surface area contributed by atoms with Crippen molar-refractivity contribution in [2.45, 2.75) is 5.88 Å². The lowest BCUT2D eigenvalue weighted by molar-refractivity contribution is -0.104. The van der Waals surface area contributed by atoms with E-state index in [0.29, 0.717) is 17.4 Å². The predicted molar refractivity (Wildman–Crippen MR) is 51.1 cm³/mol. The van der Waals surface area contributed by atoms with E-state index in [4.69, 9.17) is 11.6 Å². The third kappa shape index (κ3) is 2.67. The molecular formula is C10H8ClFO. The van der Waals surface area contributed by atoms with Crippen molar-refractivity contribution in [1.82, 2.24) is 0 Å². The molecule has 1 nitrogen and oxygen atoms in total. The molecule has 0 saturated heterocycles. The third-order valence-corrected chi connectivity index (χ3v) is 1.88. The number of carbonyl (C=O) groups is 1. The highest BCUT2D eigenvalue weighted by Crippen LogP contribution is 2.13. The first-order chi connectivity index (χ1) is 6.27. The van der Waals surface area contributed by atoms with Crippen molar-refractivity contribution in [1.29, 1.82) is 0 Å². The molecule has 0 unspecified atom stereocenters. The first kappa shape index (κ1) is 9.93. The van der Waals surface area contributed by atoms with Gasteiger partial charge in [-0.05, 0) is 17.7 Å². The minimum atomic E-state index is -0.344. The van der Waals surface area contributed by atoms with Crippen LogP contribution in [0.2, 0.25) is 0 Å². The molecule has 0 amide bonds. The molecule has 0 fully saturated rings. The second kappa shape index (κ2) is 4.77. The number of hydrogen-bond donors (Lipinski definition) is 0. The van der Waals surface area contributed by atoms with Gasteiger partial charge >= 0.3 is 0 Å².